The minimum Gasteiger partial charge on any atom is -0.465 e. The van der Waals surface area contributed by atoms with Crippen LogP contribution in [0.4, 0.5) is 0 Å². The van der Waals surface area contributed by atoms with E-state index in [1.54, 1.807) is 0 Å². The number of hydrogen-bond donors (Lipinski definition) is 1. The van der Waals surface area contributed by atoms with E-state index in [4.69, 9.17) is 10.5 Å². The van der Waals surface area contributed by atoms with Crippen molar-refractivity contribution in [1.82, 2.24) is 0 Å². The lowest BCUT2D eigenvalue weighted by Crippen LogP contribution is -2.33. The highest BCUT2D eigenvalue weighted by atomic mass is 16.5. The van der Waals surface area contributed by atoms with Crippen LogP contribution in [0.3, 0.4) is 0 Å². The summed E-state index contributed by atoms with van der Waals surface area (Å²) in [4.78, 5) is 11.9. The van der Waals surface area contributed by atoms with Crippen molar-refractivity contribution in [2.24, 2.45) is 17.6 Å². The normalized spacial score (nSPS) is 24.6. The maximum atomic E-state index is 11.9. The van der Waals surface area contributed by atoms with Crippen LogP contribution in [0.15, 0.2) is 0 Å². The average molecular weight is 241 g/mol. The Morgan fingerprint density at radius 2 is 2.00 bits per heavy atom. The molecule has 0 radical (unpaired) electrons. The Labute approximate surface area is 105 Å². The highest BCUT2D eigenvalue weighted by Crippen LogP contribution is 2.30. The quantitative estimate of drug-likeness (QED) is 0.551. The van der Waals surface area contributed by atoms with Crippen LogP contribution in [0.5, 0.6) is 0 Å². The van der Waals surface area contributed by atoms with E-state index in [0.717, 1.165) is 32.1 Å². The highest BCUT2D eigenvalue weighted by molar-refractivity contribution is 5.72. The molecule has 0 aromatic heterocycles. The van der Waals surface area contributed by atoms with Crippen LogP contribution in [0.25, 0.3) is 0 Å². The molecular weight excluding hydrogens is 214 g/mol. The van der Waals surface area contributed by atoms with Crippen molar-refractivity contribution < 1.29 is 9.53 Å². The summed E-state index contributed by atoms with van der Waals surface area (Å²) in [6.07, 6.45) is 9.02. The minimum absolute atomic E-state index is 0.00310. The largest absolute Gasteiger partial charge is 0.465 e. The second-order valence-corrected chi connectivity index (χ2v) is 5.11. The number of carbonyl (C=O) groups excluding carboxylic acids is 1. The van der Waals surface area contributed by atoms with E-state index >= 15 is 0 Å². The molecule has 0 bridgehead atoms. The van der Waals surface area contributed by atoms with Gasteiger partial charge in [0.2, 0.25) is 0 Å². The van der Waals surface area contributed by atoms with E-state index in [9.17, 15) is 4.79 Å². The van der Waals surface area contributed by atoms with Gasteiger partial charge in [-0.15, -0.1) is 0 Å². The molecular formula is C14H27NO2. The molecule has 0 spiro atoms. The van der Waals surface area contributed by atoms with Gasteiger partial charge in [0.15, 0.2) is 0 Å². The topological polar surface area (TPSA) is 52.3 Å². The minimum atomic E-state index is -0.00310. The molecule has 0 aromatic carbocycles. The maximum Gasteiger partial charge on any atom is 0.309 e. The summed E-state index contributed by atoms with van der Waals surface area (Å²) in [5, 5.41) is 0. The number of ether oxygens (including phenoxy) is 1. The summed E-state index contributed by atoms with van der Waals surface area (Å²) in [5.74, 6) is 0.420. The summed E-state index contributed by atoms with van der Waals surface area (Å²) < 4.78 is 5.37. The van der Waals surface area contributed by atoms with Crippen LogP contribution in [0.2, 0.25) is 0 Å². The fourth-order valence-corrected chi connectivity index (χ4v) is 2.61. The van der Waals surface area contributed by atoms with Gasteiger partial charge in [-0.05, 0) is 31.7 Å². The molecule has 1 fully saturated rings. The second-order valence-electron chi connectivity index (χ2n) is 5.11. The Kier molecular flexibility index (Phi) is 7.25. The standard InChI is InChI=1S/C14H27NO2/c1-2-3-4-7-10-17-14(16)13-9-6-5-8-12(13)11-15/h12-13H,2-11,15H2,1H3. The van der Waals surface area contributed by atoms with Gasteiger partial charge in [0.25, 0.3) is 0 Å². The van der Waals surface area contributed by atoms with Crippen LogP contribution in [0, 0.1) is 11.8 Å². The van der Waals surface area contributed by atoms with E-state index in [2.05, 4.69) is 6.92 Å². The molecule has 3 nitrogen and oxygen atoms in total. The van der Waals surface area contributed by atoms with Crippen molar-refractivity contribution in [2.75, 3.05) is 13.2 Å². The van der Waals surface area contributed by atoms with Crippen molar-refractivity contribution >= 4 is 5.97 Å². The summed E-state index contributed by atoms with van der Waals surface area (Å²) in [6, 6.07) is 0. The molecule has 0 aromatic rings. The van der Waals surface area contributed by atoms with Crippen molar-refractivity contribution in [2.45, 2.75) is 58.3 Å². The van der Waals surface area contributed by atoms with Crippen LogP contribution in [0.1, 0.15) is 58.3 Å². The number of unbranched alkanes of at least 4 members (excludes halogenated alkanes) is 3. The third-order valence-electron chi connectivity index (χ3n) is 3.76. The Morgan fingerprint density at radius 1 is 1.24 bits per heavy atom. The van der Waals surface area contributed by atoms with Gasteiger partial charge in [0.1, 0.15) is 0 Å². The van der Waals surface area contributed by atoms with Crippen LogP contribution >= 0.6 is 0 Å². The second kappa shape index (κ2) is 8.51. The molecule has 1 saturated carbocycles. The van der Waals surface area contributed by atoms with Gasteiger partial charge < -0.3 is 10.5 Å². The first-order valence-corrected chi connectivity index (χ1v) is 7.16. The molecule has 1 aliphatic rings. The predicted octanol–water partition coefficient (Wildman–Crippen LogP) is 2.88. The van der Waals surface area contributed by atoms with E-state index < -0.39 is 0 Å². The van der Waals surface area contributed by atoms with Gasteiger partial charge in [-0.2, -0.15) is 0 Å². The van der Waals surface area contributed by atoms with E-state index in [1.807, 2.05) is 0 Å². The van der Waals surface area contributed by atoms with Crippen molar-refractivity contribution in [3.63, 3.8) is 0 Å². The van der Waals surface area contributed by atoms with Gasteiger partial charge in [0, 0.05) is 0 Å². The average Bonchev–Trinajstić information content (AvgIpc) is 2.38. The Balaban J connectivity index is 2.20. The number of nitrogens with two attached hydrogens (primary N) is 1. The number of hydrogen-bond acceptors (Lipinski definition) is 3. The van der Waals surface area contributed by atoms with Crippen molar-refractivity contribution in [1.29, 1.82) is 0 Å². The first kappa shape index (κ1) is 14.5. The number of esters is 1. The number of rotatable bonds is 7. The lowest BCUT2D eigenvalue weighted by Gasteiger charge is -2.28. The Hall–Kier alpha value is -0.570. The van der Waals surface area contributed by atoms with Crippen molar-refractivity contribution in [3.05, 3.63) is 0 Å². The van der Waals surface area contributed by atoms with Gasteiger partial charge in [-0.25, -0.2) is 0 Å². The fourth-order valence-electron chi connectivity index (χ4n) is 2.61. The molecule has 0 heterocycles. The fraction of sp³-hybridized carbons (Fsp3) is 0.929. The monoisotopic (exact) mass is 241 g/mol. The zero-order valence-corrected chi connectivity index (χ0v) is 11.1. The third kappa shape index (κ3) is 5.07. The van der Waals surface area contributed by atoms with Gasteiger partial charge >= 0.3 is 5.97 Å². The molecule has 3 heteroatoms. The number of carbonyl (C=O) groups is 1. The predicted molar refractivity (Wildman–Crippen MR) is 69.6 cm³/mol. The molecule has 0 saturated heterocycles. The van der Waals surface area contributed by atoms with Crippen molar-refractivity contribution in [3.8, 4) is 0 Å². The molecule has 0 aliphatic heterocycles. The molecule has 1 rings (SSSR count). The van der Waals surface area contributed by atoms with E-state index in [0.29, 0.717) is 19.1 Å². The van der Waals surface area contributed by atoms with E-state index in [-0.39, 0.29) is 11.9 Å². The summed E-state index contributed by atoms with van der Waals surface area (Å²) in [5.41, 5.74) is 5.72. The maximum absolute atomic E-state index is 11.9. The van der Waals surface area contributed by atoms with Crippen LogP contribution in [-0.2, 0) is 9.53 Å². The smallest absolute Gasteiger partial charge is 0.309 e. The molecule has 1 aliphatic carbocycles. The third-order valence-corrected chi connectivity index (χ3v) is 3.76. The molecule has 0 amide bonds. The lowest BCUT2D eigenvalue weighted by molar-refractivity contribution is -0.151. The van der Waals surface area contributed by atoms with Gasteiger partial charge in [0.05, 0.1) is 12.5 Å². The first-order valence-electron chi connectivity index (χ1n) is 7.16. The molecule has 2 atom stereocenters. The Bertz CT molecular complexity index is 218. The van der Waals surface area contributed by atoms with Crippen LogP contribution in [-0.4, -0.2) is 19.1 Å². The Morgan fingerprint density at radius 3 is 2.71 bits per heavy atom. The zero-order chi connectivity index (χ0) is 12.5. The zero-order valence-electron chi connectivity index (χ0n) is 11.1. The van der Waals surface area contributed by atoms with E-state index in [1.165, 1.54) is 19.3 Å². The molecule has 100 valence electrons. The lowest BCUT2D eigenvalue weighted by atomic mass is 9.79. The van der Waals surface area contributed by atoms with Crippen LogP contribution < -0.4 is 5.73 Å². The first-order chi connectivity index (χ1) is 8.29. The summed E-state index contributed by atoms with van der Waals surface area (Å²) in [6.45, 7) is 3.39. The summed E-state index contributed by atoms with van der Waals surface area (Å²) >= 11 is 0. The van der Waals surface area contributed by atoms with Gasteiger partial charge in [-0.3, -0.25) is 4.79 Å². The SMILES string of the molecule is CCCCCCOC(=O)C1CCCCC1CN. The summed E-state index contributed by atoms with van der Waals surface area (Å²) in [7, 11) is 0. The molecule has 17 heavy (non-hydrogen) atoms. The molecule has 2 N–H and O–H groups in total. The molecule has 2 unspecified atom stereocenters. The van der Waals surface area contributed by atoms with Gasteiger partial charge in [-0.1, -0.05) is 39.0 Å². The highest BCUT2D eigenvalue weighted by Gasteiger charge is 2.30.